The lowest BCUT2D eigenvalue weighted by Crippen LogP contribution is -2.49. The van der Waals surface area contributed by atoms with Crippen LogP contribution < -0.4 is 5.32 Å². The fourth-order valence-corrected chi connectivity index (χ4v) is 3.65. The Bertz CT molecular complexity index is 637. The molecule has 0 bridgehead atoms. The van der Waals surface area contributed by atoms with Crippen LogP contribution >= 0.6 is 0 Å². The molecule has 5 nitrogen and oxygen atoms in total. The van der Waals surface area contributed by atoms with Gasteiger partial charge in [0.2, 0.25) is 10.0 Å². The summed E-state index contributed by atoms with van der Waals surface area (Å²) in [6.07, 6.45) is 2.08. The van der Waals surface area contributed by atoms with E-state index in [1.807, 2.05) is 18.2 Å². The Kier molecular flexibility index (Phi) is 4.99. The fraction of sp³-hybridized carbons (Fsp3) is 0.533. The first kappa shape index (κ1) is 16.0. The lowest BCUT2D eigenvalue weighted by atomic mass is 9.95. The van der Waals surface area contributed by atoms with E-state index in [0.717, 1.165) is 12.0 Å². The van der Waals surface area contributed by atoms with Crippen molar-refractivity contribution in [3.63, 3.8) is 0 Å². The summed E-state index contributed by atoms with van der Waals surface area (Å²) in [6, 6.07) is 9.97. The van der Waals surface area contributed by atoms with E-state index in [9.17, 15) is 8.42 Å². The number of nitriles is 1. The molecule has 0 aliphatic carbocycles. The van der Waals surface area contributed by atoms with Gasteiger partial charge in [-0.15, -0.1) is 0 Å². The Hall–Kier alpha value is -1.42. The number of nitrogens with zero attached hydrogens (tertiary/aromatic N) is 2. The first-order valence-corrected chi connectivity index (χ1v) is 8.92. The van der Waals surface area contributed by atoms with Crippen LogP contribution in [0.4, 0.5) is 0 Å². The Balaban J connectivity index is 1.91. The number of benzene rings is 1. The van der Waals surface area contributed by atoms with Gasteiger partial charge in [0.05, 0.1) is 17.9 Å². The first-order valence-electron chi connectivity index (χ1n) is 7.07. The normalized spacial score (nSPS) is 23.7. The Morgan fingerprint density at radius 2 is 2.24 bits per heavy atom. The number of hydrogen-bond acceptors (Lipinski definition) is 4. The molecule has 1 saturated heterocycles. The van der Waals surface area contributed by atoms with Crippen molar-refractivity contribution in [3.8, 4) is 6.07 Å². The molecule has 0 saturated carbocycles. The van der Waals surface area contributed by atoms with Gasteiger partial charge >= 0.3 is 0 Å². The Morgan fingerprint density at radius 1 is 1.48 bits per heavy atom. The maximum atomic E-state index is 11.6. The standard InChI is InChI=1S/C15H21N3O2S/c1-12-11-18(21(2,19)20)7-6-15(12)17-10-14-5-3-4-13(8-14)9-16/h3-5,8,12,15,17H,6-7,10-11H2,1-2H3/t12-,15-/m1/s1. The van der Waals surface area contributed by atoms with Crippen LogP contribution in [0.25, 0.3) is 0 Å². The highest BCUT2D eigenvalue weighted by Gasteiger charge is 2.29. The van der Waals surface area contributed by atoms with E-state index < -0.39 is 10.0 Å². The van der Waals surface area contributed by atoms with Crippen LogP contribution in [-0.4, -0.2) is 38.1 Å². The summed E-state index contributed by atoms with van der Waals surface area (Å²) in [5, 5.41) is 12.4. The topological polar surface area (TPSA) is 73.2 Å². The summed E-state index contributed by atoms with van der Waals surface area (Å²) in [5.41, 5.74) is 1.74. The molecule has 2 atom stereocenters. The van der Waals surface area contributed by atoms with Crippen molar-refractivity contribution in [2.24, 2.45) is 5.92 Å². The van der Waals surface area contributed by atoms with Crippen LogP contribution in [0.3, 0.4) is 0 Å². The molecule has 1 aliphatic heterocycles. The molecule has 1 N–H and O–H groups in total. The van der Waals surface area contributed by atoms with Gasteiger partial charge < -0.3 is 5.32 Å². The predicted molar refractivity (Wildman–Crippen MR) is 82.0 cm³/mol. The van der Waals surface area contributed by atoms with Crippen molar-refractivity contribution >= 4 is 10.0 Å². The zero-order valence-electron chi connectivity index (χ0n) is 12.4. The van der Waals surface area contributed by atoms with Crippen molar-refractivity contribution < 1.29 is 8.42 Å². The number of piperidine rings is 1. The molecule has 2 rings (SSSR count). The van der Waals surface area contributed by atoms with E-state index in [1.165, 1.54) is 6.26 Å². The number of sulfonamides is 1. The monoisotopic (exact) mass is 307 g/mol. The minimum absolute atomic E-state index is 0.271. The van der Waals surface area contributed by atoms with Gasteiger partial charge in [-0.3, -0.25) is 0 Å². The summed E-state index contributed by atoms with van der Waals surface area (Å²) in [7, 11) is -3.09. The van der Waals surface area contributed by atoms with Gasteiger partial charge in [0.25, 0.3) is 0 Å². The lowest BCUT2D eigenvalue weighted by molar-refractivity contribution is 0.220. The van der Waals surface area contributed by atoms with Crippen LogP contribution in [0.2, 0.25) is 0 Å². The fourth-order valence-electron chi connectivity index (χ4n) is 2.71. The maximum Gasteiger partial charge on any atom is 0.211 e. The minimum Gasteiger partial charge on any atom is -0.310 e. The van der Waals surface area contributed by atoms with E-state index in [1.54, 1.807) is 10.4 Å². The second-order valence-corrected chi connectivity index (χ2v) is 7.67. The van der Waals surface area contributed by atoms with Crippen LogP contribution in [0.1, 0.15) is 24.5 Å². The van der Waals surface area contributed by atoms with Gasteiger partial charge in [0.1, 0.15) is 0 Å². The largest absolute Gasteiger partial charge is 0.310 e. The SMILES string of the molecule is C[C@@H]1CN(S(C)(=O)=O)CC[C@H]1NCc1cccc(C#N)c1. The molecule has 0 amide bonds. The highest BCUT2D eigenvalue weighted by atomic mass is 32.2. The van der Waals surface area contributed by atoms with E-state index in [-0.39, 0.29) is 5.92 Å². The average Bonchev–Trinajstić information content (AvgIpc) is 2.45. The molecular weight excluding hydrogens is 286 g/mol. The second-order valence-electron chi connectivity index (χ2n) is 5.69. The highest BCUT2D eigenvalue weighted by molar-refractivity contribution is 7.88. The molecule has 1 aromatic carbocycles. The Labute approximate surface area is 126 Å². The molecule has 1 heterocycles. The first-order chi connectivity index (χ1) is 9.90. The van der Waals surface area contributed by atoms with Crippen LogP contribution in [0.5, 0.6) is 0 Å². The second kappa shape index (κ2) is 6.56. The van der Waals surface area contributed by atoms with Crippen LogP contribution in [0.15, 0.2) is 24.3 Å². The van der Waals surface area contributed by atoms with Crippen molar-refractivity contribution in [3.05, 3.63) is 35.4 Å². The third-order valence-corrected chi connectivity index (χ3v) is 5.23. The summed E-state index contributed by atoms with van der Waals surface area (Å²) in [5.74, 6) is 0.271. The van der Waals surface area contributed by atoms with Gasteiger partial charge in [-0.25, -0.2) is 12.7 Å². The third-order valence-electron chi connectivity index (χ3n) is 3.96. The van der Waals surface area contributed by atoms with Crippen molar-refractivity contribution in [1.29, 1.82) is 5.26 Å². The molecule has 6 heteroatoms. The van der Waals surface area contributed by atoms with E-state index >= 15 is 0 Å². The average molecular weight is 307 g/mol. The molecular formula is C15H21N3O2S. The van der Waals surface area contributed by atoms with Gasteiger partial charge in [-0.2, -0.15) is 5.26 Å². The summed E-state index contributed by atoms with van der Waals surface area (Å²) in [4.78, 5) is 0. The number of nitrogens with one attached hydrogen (secondary N) is 1. The zero-order chi connectivity index (χ0) is 15.5. The molecule has 0 unspecified atom stereocenters. The van der Waals surface area contributed by atoms with Crippen LogP contribution in [-0.2, 0) is 16.6 Å². The molecule has 1 aromatic rings. The van der Waals surface area contributed by atoms with Crippen molar-refractivity contribution in [1.82, 2.24) is 9.62 Å². The summed E-state index contributed by atoms with van der Waals surface area (Å²) in [6.45, 7) is 3.90. The smallest absolute Gasteiger partial charge is 0.211 e. The highest BCUT2D eigenvalue weighted by Crippen LogP contribution is 2.19. The van der Waals surface area contributed by atoms with E-state index in [2.05, 4.69) is 18.3 Å². The summed E-state index contributed by atoms with van der Waals surface area (Å²) < 4.78 is 24.7. The molecule has 114 valence electrons. The van der Waals surface area contributed by atoms with E-state index in [4.69, 9.17) is 5.26 Å². The Morgan fingerprint density at radius 3 is 2.86 bits per heavy atom. The van der Waals surface area contributed by atoms with E-state index in [0.29, 0.717) is 31.2 Å². The van der Waals surface area contributed by atoms with Crippen molar-refractivity contribution in [2.75, 3.05) is 19.3 Å². The lowest BCUT2D eigenvalue weighted by Gasteiger charge is -2.36. The van der Waals surface area contributed by atoms with Crippen LogP contribution in [0, 0.1) is 17.2 Å². The van der Waals surface area contributed by atoms with Gasteiger partial charge in [0.15, 0.2) is 0 Å². The molecule has 0 spiro atoms. The molecule has 21 heavy (non-hydrogen) atoms. The molecule has 0 radical (unpaired) electrons. The number of hydrogen-bond donors (Lipinski definition) is 1. The predicted octanol–water partition coefficient (Wildman–Crippen LogP) is 1.32. The van der Waals surface area contributed by atoms with Gasteiger partial charge in [0, 0.05) is 25.7 Å². The minimum atomic E-state index is -3.09. The van der Waals surface area contributed by atoms with Gasteiger partial charge in [-0.05, 0) is 30.0 Å². The molecule has 1 fully saturated rings. The quantitative estimate of drug-likeness (QED) is 0.910. The van der Waals surface area contributed by atoms with Crippen molar-refractivity contribution in [2.45, 2.75) is 25.9 Å². The van der Waals surface area contributed by atoms with Gasteiger partial charge in [-0.1, -0.05) is 19.1 Å². The maximum absolute atomic E-state index is 11.6. The third kappa shape index (κ3) is 4.27. The molecule has 1 aliphatic rings. The molecule has 0 aromatic heterocycles. The zero-order valence-corrected chi connectivity index (χ0v) is 13.2. The number of rotatable bonds is 4. The summed E-state index contributed by atoms with van der Waals surface area (Å²) >= 11 is 0.